The van der Waals surface area contributed by atoms with Gasteiger partial charge in [0.05, 0.1) is 19.1 Å². The molecule has 1 heterocycles. The second kappa shape index (κ2) is 9.06. The highest BCUT2D eigenvalue weighted by Crippen LogP contribution is 2.30. The minimum Gasteiger partial charge on any atom is -0.496 e. The molecule has 0 spiro atoms. The lowest BCUT2D eigenvalue weighted by Gasteiger charge is -2.32. The number of likely N-dealkylation sites (tertiary alicyclic amines) is 1. The van der Waals surface area contributed by atoms with Crippen molar-refractivity contribution >= 4 is 15.9 Å². The Hall–Kier alpha value is -2.58. The summed E-state index contributed by atoms with van der Waals surface area (Å²) in [5.74, 6) is 0.730. The molecule has 0 saturated carbocycles. The van der Waals surface area contributed by atoms with E-state index in [-0.39, 0.29) is 16.8 Å². The summed E-state index contributed by atoms with van der Waals surface area (Å²) < 4.78 is 38.9. The third-order valence-electron chi connectivity index (χ3n) is 5.53. The maximum Gasteiger partial charge on any atom is 0.261 e. The SMILES string of the molecule is COc1cccc(OC)c1C(=O)N1CCC(NS(=O)(=O)c2ccc(C)c(C)c2)CC1. The molecule has 7 nitrogen and oxygen atoms in total. The lowest BCUT2D eigenvalue weighted by molar-refractivity contribution is 0.0704. The van der Waals surface area contributed by atoms with Crippen LogP contribution >= 0.6 is 0 Å². The molecule has 1 saturated heterocycles. The van der Waals surface area contributed by atoms with E-state index in [9.17, 15) is 13.2 Å². The highest BCUT2D eigenvalue weighted by atomic mass is 32.2. The van der Waals surface area contributed by atoms with Crippen LogP contribution in [0, 0.1) is 13.8 Å². The third-order valence-corrected chi connectivity index (χ3v) is 7.05. The number of amides is 1. The summed E-state index contributed by atoms with van der Waals surface area (Å²) >= 11 is 0. The van der Waals surface area contributed by atoms with Crippen molar-refractivity contribution in [3.05, 3.63) is 53.1 Å². The van der Waals surface area contributed by atoms with Crippen LogP contribution in [-0.2, 0) is 10.0 Å². The maximum atomic E-state index is 13.1. The fourth-order valence-corrected chi connectivity index (χ4v) is 4.98. The number of benzene rings is 2. The number of nitrogens with zero attached hydrogens (tertiary/aromatic N) is 1. The first-order valence-electron chi connectivity index (χ1n) is 9.86. The van der Waals surface area contributed by atoms with Gasteiger partial charge < -0.3 is 14.4 Å². The number of ether oxygens (including phenoxy) is 2. The van der Waals surface area contributed by atoms with E-state index in [1.54, 1.807) is 35.2 Å². The number of aryl methyl sites for hydroxylation is 2. The molecule has 1 amide bonds. The standard InChI is InChI=1S/C22H28N2O5S/c1-15-8-9-18(14-16(15)2)30(26,27)23-17-10-12-24(13-11-17)22(25)21-19(28-3)6-5-7-20(21)29-4/h5-9,14,17,23H,10-13H2,1-4H3. The lowest BCUT2D eigenvalue weighted by Crippen LogP contribution is -2.46. The molecule has 0 atom stereocenters. The first-order chi connectivity index (χ1) is 14.3. The van der Waals surface area contributed by atoms with Crippen LogP contribution in [-0.4, -0.2) is 52.6 Å². The first kappa shape index (κ1) is 22.1. The van der Waals surface area contributed by atoms with E-state index in [1.807, 2.05) is 19.9 Å². The van der Waals surface area contributed by atoms with E-state index < -0.39 is 10.0 Å². The molecular weight excluding hydrogens is 404 g/mol. The molecule has 1 fully saturated rings. The second-order valence-corrected chi connectivity index (χ2v) is 9.19. The molecule has 0 unspecified atom stereocenters. The zero-order valence-electron chi connectivity index (χ0n) is 17.8. The molecule has 0 radical (unpaired) electrons. The Morgan fingerprint density at radius 1 is 1.00 bits per heavy atom. The van der Waals surface area contributed by atoms with Crippen molar-refractivity contribution in [2.75, 3.05) is 27.3 Å². The van der Waals surface area contributed by atoms with Gasteiger partial charge in [-0.2, -0.15) is 0 Å². The fourth-order valence-electron chi connectivity index (χ4n) is 3.59. The van der Waals surface area contributed by atoms with E-state index in [4.69, 9.17) is 9.47 Å². The van der Waals surface area contributed by atoms with E-state index >= 15 is 0 Å². The molecule has 0 aliphatic carbocycles. The molecule has 8 heteroatoms. The van der Waals surface area contributed by atoms with Crippen molar-refractivity contribution in [1.82, 2.24) is 9.62 Å². The first-order valence-corrected chi connectivity index (χ1v) is 11.3. The topological polar surface area (TPSA) is 84.9 Å². The number of hydrogen-bond donors (Lipinski definition) is 1. The van der Waals surface area contributed by atoms with Crippen LogP contribution < -0.4 is 14.2 Å². The number of hydrogen-bond acceptors (Lipinski definition) is 5. The summed E-state index contributed by atoms with van der Waals surface area (Å²) in [6, 6.07) is 10.1. The molecular formula is C22H28N2O5S. The summed E-state index contributed by atoms with van der Waals surface area (Å²) in [6.07, 6.45) is 1.07. The molecule has 2 aromatic rings. The van der Waals surface area contributed by atoms with Crippen LogP contribution in [0.5, 0.6) is 11.5 Å². The summed E-state index contributed by atoms with van der Waals surface area (Å²) in [6.45, 7) is 4.73. The van der Waals surface area contributed by atoms with Crippen LogP contribution in [0.4, 0.5) is 0 Å². The van der Waals surface area contributed by atoms with Crippen LogP contribution in [0.15, 0.2) is 41.3 Å². The number of piperidine rings is 1. The van der Waals surface area contributed by atoms with Gasteiger partial charge >= 0.3 is 0 Å². The molecule has 0 bridgehead atoms. The maximum absolute atomic E-state index is 13.1. The molecule has 1 aliphatic heterocycles. The van der Waals surface area contributed by atoms with Crippen LogP contribution in [0.25, 0.3) is 0 Å². The predicted octanol–water partition coefficient (Wildman–Crippen LogP) is 2.90. The molecule has 30 heavy (non-hydrogen) atoms. The van der Waals surface area contributed by atoms with Gasteiger partial charge in [-0.1, -0.05) is 12.1 Å². The average Bonchev–Trinajstić information content (AvgIpc) is 2.74. The van der Waals surface area contributed by atoms with Crippen LogP contribution in [0.2, 0.25) is 0 Å². The quantitative estimate of drug-likeness (QED) is 0.759. The zero-order chi connectivity index (χ0) is 21.9. The van der Waals surface area contributed by atoms with Gasteiger partial charge in [0.15, 0.2) is 0 Å². The minimum atomic E-state index is -3.60. The summed E-state index contributed by atoms with van der Waals surface area (Å²) in [7, 11) is -0.577. The zero-order valence-corrected chi connectivity index (χ0v) is 18.6. The molecule has 0 aromatic heterocycles. The smallest absolute Gasteiger partial charge is 0.261 e. The van der Waals surface area contributed by atoms with E-state index in [1.165, 1.54) is 14.2 Å². The monoisotopic (exact) mass is 432 g/mol. The molecule has 1 aliphatic rings. The number of carbonyl (C=O) groups is 1. The van der Waals surface area contributed by atoms with Crippen molar-refractivity contribution in [2.24, 2.45) is 0 Å². The Labute approximate surface area is 178 Å². The number of sulfonamides is 1. The van der Waals surface area contributed by atoms with Crippen molar-refractivity contribution in [1.29, 1.82) is 0 Å². The second-order valence-electron chi connectivity index (χ2n) is 7.47. The summed E-state index contributed by atoms with van der Waals surface area (Å²) in [5.41, 5.74) is 2.37. The Bertz CT molecular complexity index is 1010. The number of methoxy groups -OCH3 is 2. The highest BCUT2D eigenvalue weighted by molar-refractivity contribution is 7.89. The fraction of sp³-hybridized carbons (Fsp3) is 0.409. The number of rotatable bonds is 6. The van der Waals surface area contributed by atoms with Gasteiger partial charge in [0.1, 0.15) is 17.1 Å². The van der Waals surface area contributed by atoms with Gasteiger partial charge in [-0.3, -0.25) is 4.79 Å². The predicted molar refractivity (Wildman–Crippen MR) is 115 cm³/mol. The molecule has 162 valence electrons. The molecule has 3 rings (SSSR count). The van der Waals surface area contributed by atoms with Crippen molar-refractivity contribution in [3.63, 3.8) is 0 Å². The van der Waals surface area contributed by atoms with Gasteiger partial charge in [0.2, 0.25) is 10.0 Å². The molecule has 1 N–H and O–H groups in total. The van der Waals surface area contributed by atoms with Gasteiger partial charge in [-0.25, -0.2) is 13.1 Å². The Morgan fingerprint density at radius 3 is 2.13 bits per heavy atom. The highest BCUT2D eigenvalue weighted by Gasteiger charge is 2.30. The van der Waals surface area contributed by atoms with Gasteiger partial charge in [-0.05, 0) is 62.1 Å². The summed E-state index contributed by atoms with van der Waals surface area (Å²) in [5, 5.41) is 0. The lowest BCUT2D eigenvalue weighted by atomic mass is 10.0. The Balaban J connectivity index is 1.68. The van der Waals surface area contributed by atoms with Crippen molar-refractivity contribution in [3.8, 4) is 11.5 Å². The Kier molecular flexibility index (Phi) is 6.67. The van der Waals surface area contributed by atoms with Crippen molar-refractivity contribution < 1.29 is 22.7 Å². The summed E-state index contributed by atoms with van der Waals surface area (Å²) in [4.78, 5) is 15.0. The average molecular weight is 433 g/mol. The Morgan fingerprint density at radius 2 is 1.60 bits per heavy atom. The van der Waals surface area contributed by atoms with Crippen LogP contribution in [0.1, 0.15) is 34.3 Å². The normalized spacial score (nSPS) is 15.1. The third kappa shape index (κ3) is 4.60. The van der Waals surface area contributed by atoms with Gasteiger partial charge in [-0.15, -0.1) is 0 Å². The minimum absolute atomic E-state index is 0.181. The van der Waals surface area contributed by atoms with E-state index in [0.717, 1.165) is 11.1 Å². The number of carbonyl (C=O) groups excluding carboxylic acids is 1. The van der Waals surface area contributed by atoms with E-state index in [0.29, 0.717) is 43.0 Å². The largest absolute Gasteiger partial charge is 0.496 e. The molecule has 2 aromatic carbocycles. The van der Waals surface area contributed by atoms with Crippen LogP contribution in [0.3, 0.4) is 0 Å². The van der Waals surface area contributed by atoms with Gasteiger partial charge in [0.25, 0.3) is 5.91 Å². The van der Waals surface area contributed by atoms with Crippen molar-refractivity contribution in [2.45, 2.75) is 37.6 Å². The number of nitrogens with one attached hydrogen (secondary N) is 1. The van der Waals surface area contributed by atoms with Gasteiger partial charge in [0, 0.05) is 19.1 Å². The van der Waals surface area contributed by atoms with E-state index in [2.05, 4.69) is 4.72 Å².